The summed E-state index contributed by atoms with van der Waals surface area (Å²) in [6.07, 6.45) is 0. The summed E-state index contributed by atoms with van der Waals surface area (Å²) in [7, 11) is 0. The molecule has 0 fully saturated rings. The van der Waals surface area contributed by atoms with Gasteiger partial charge in [0, 0.05) is 6.07 Å². The van der Waals surface area contributed by atoms with E-state index in [4.69, 9.17) is 0 Å². The molecular formula is C19H16N4O4. The third kappa shape index (κ3) is 3.84. The van der Waals surface area contributed by atoms with Gasteiger partial charge in [-0.1, -0.05) is 36.4 Å². The minimum absolute atomic E-state index is 0.193. The highest BCUT2D eigenvalue weighted by Gasteiger charge is 2.24. The maximum absolute atomic E-state index is 11.5. The van der Waals surface area contributed by atoms with E-state index in [-0.39, 0.29) is 17.1 Å². The molecule has 0 aliphatic carbocycles. The van der Waals surface area contributed by atoms with Crippen LogP contribution in [0, 0.1) is 27.2 Å². The SMILES string of the molecule is Cc1cc([N+](=O)[O-])cc([N+](=O)[O-])c1NN(c1ccccc1)c1ccccc1. The number of nitrogens with one attached hydrogen (secondary N) is 1. The molecule has 0 atom stereocenters. The molecule has 0 spiro atoms. The van der Waals surface area contributed by atoms with Gasteiger partial charge in [0.1, 0.15) is 5.69 Å². The van der Waals surface area contributed by atoms with Crippen molar-refractivity contribution in [2.45, 2.75) is 6.92 Å². The van der Waals surface area contributed by atoms with Gasteiger partial charge in [-0.05, 0) is 36.8 Å². The zero-order chi connectivity index (χ0) is 19.4. The maximum Gasteiger partial charge on any atom is 0.301 e. The maximum atomic E-state index is 11.5. The number of hydrogen-bond donors (Lipinski definition) is 1. The molecule has 0 radical (unpaired) electrons. The number of anilines is 3. The van der Waals surface area contributed by atoms with Gasteiger partial charge in [0.05, 0.1) is 27.3 Å². The number of aryl methyl sites for hydroxylation is 1. The Morgan fingerprint density at radius 3 is 1.78 bits per heavy atom. The van der Waals surface area contributed by atoms with Gasteiger partial charge in [-0.3, -0.25) is 30.7 Å². The largest absolute Gasteiger partial charge is 0.301 e. The number of benzene rings is 3. The minimum atomic E-state index is -0.643. The van der Waals surface area contributed by atoms with Crippen molar-refractivity contribution in [3.8, 4) is 0 Å². The number of non-ortho nitro benzene ring substituents is 1. The van der Waals surface area contributed by atoms with Crippen molar-refractivity contribution in [1.82, 2.24) is 0 Å². The monoisotopic (exact) mass is 364 g/mol. The first-order valence-corrected chi connectivity index (χ1v) is 8.07. The minimum Gasteiger partial charge on any atom is -0.287 e. The Kier molecular flexibility index (Phi) is 4.98. The summed E-state index contributed by atoms with van der Waals surface area (Å²) in [5, 5.41) is 24.3. The predicted octanol–water partition coefficient (Wildman–Crippen LogP) is 4.98. The molecule has 8 heteroatoms. The average Bonchev–Trinajstić information content (AvgIpc) is 2.67. The van der Waals surface area contributed by atoms with Gasteiger partial charge in [0.25, 0.3) is 5.69 Å². The van der Waals surface area contributed by atoms with Gasteiger partial charge in [0.15, 0.2) is 0 Å². The zero-order valence-corrected chi connectivity index (χ0v) is 14.4. The molecule has 0 aliphatic heterocycles. The lowest BCUT2D eigenvalue weighted by atomic mass is 10.1. The lowest BCUT2D eigenvalue weighted by Crippen LogP contribution is -2.25. The molecule has 0 heterocycles. The third-order valence-electron chi connectivity index (χ3n) is 3.96. The molecule has 0 bridgehead atoms. The topological polar surface area (TPSA) is 102 Å². The van der Waals surface area contributed by atoms with E-state index in [1.54, 1.807) is 11.9 Å². The van der Waals surface area contributed by atoms with Crippen LogP contribution < -0.4 is 10.4 Å². The Morgan fingerprint density at radius 1 is 0.815 bits per heavy atom. The van der Waals surface area contributed by atoms with Crippen LogP contribution in [0.1, 0.15) is 5.56 Å². The number of rotatable bonds is 6. The molecule has 0 unspecified atom stereocenters. The predicted molar refractivity (Wildman–Crippen MR) is 103 cm³/mol. The lowest BCUT2D eigenvalue weighted by Gasteiger charge is -2.27. The molecule has 0 aliphatic rings. The Balaban J connectivity index is 2.12. The molecule has 136 valence electrons. The van der Waals surface area contributed by atoms with E-state index in [9.17, 15) is 20.2 Å². The van der Waals surface area contributed by atoms with E-state index in [0.717, 1.165) is 17.4 Å². The van der Waals surface area contributed by atoms with Crippen LogP contribution in [0.2, 0.25) is 0 Å². The summed E-state index contributed by atoms with van der Waals surface area (Å²) in [4.78, 5) is 21.3. The van der Waals surface area contributed by atoms with Gasteiger partial charge < -0.3 is 0 Å². The molecule has 0 amide bonds. The molecule has 8 nitrogen and oxygen atoms in total. The second-order valence-corrected chi connectivity index (χ2v) is 5.79. The highest BCUT2D eigenvalue weighted by atomic mass is 16.6. The number of hydrazine groups is 1. The van der Waals surface area contributed by atoms with E-state index in [1.165, 1.54) is 6.07 Å². The molecule has 0 aromatic heterocycles. The third-order valence-corrected chi connectivity index (χ3v) is 3.96. The van der Waals surface area contributed by atoms with Crippen molar-refractivity contribution in [2.24, 2.45) is 0 Å². The lowest BCUT2D eigenvalue weighted by molar-refractivity contribution is -0.393. The van der Waals surface area contributed by atoms with Gasteiger partial charge >= 0.3 is 5.69 Å². The van der Waals surface area contributed by atoms with Crippen LogP contribution in [-0.4, -0.2) is 9.85 Å². The van der Waals surface area contributed by atoms with E-state index in [2.05, 4.69) is 5.43 Å². The summed E-state index contributed by atoms with van der Waals surface area (Å²) >= 11 is 0. The fraction of sp³-hybridized carbons (Fsp3) is 0.0526. The van der Waals surface area contributed by atoms with Crippen molar-refractivity contribution in [3.63, 3.8) is 0 Å². The molecule has 1 N–H and O–H groups in total. The molecule has 0 saturated heterocycles. The Hall–Kier alpha value is -3.94. The summed E-state index contributed by atoms with van der Waals surface area (Å²) in [6, 6.07) is 20.8. The molecule has 3 aromatic carbocycles. The normalized spacial score (nSPS) is 10.3. The van der Waals surface area contributed by atoms with Crippen molar-refractivity contribution in [1.29, 1.82) is 0 Å². The average molecular weight is 364 g/mol. The van der Waals surface area contributed by atoms with E-state index >= 15 is 0 Å². The molecule has 3 rings (SSSR count). The first kappa shape index (κ1) is 17.9. The zero-order valence-electron chi connectivity index (χ0n) is 14.4. The molecular weight excluding hydrogens is 348 g/mol. The van der Waals surface area contributed by atoms with E-state index in [0.29, 0.717) is 5.56 Å². The number of nitrogens with zero attached hydrogens (tertiary/aromatic N) is 3. The van der Waals surface area contributed by atoms with Crippen LogP contribution in [0.15, 0.2) is 72.8 Å². The van der Waals surface area contributed by atoms with Crippen LogP contribution in [0.5, 0.6) is 0 Å². The van der Waals surface area contributed by atoms with Crippen LogP contribution in [0.4, 0.5) is 28.4 Å². The summed E-state index contributed by atoms with van der Waals surface area (Å²) in [5.41, 5.74) is 4.49. The van der Waals surface area contributed by atoms with E-state index < -0.39 is 9.85 Å². The Morgan fingerprint density at radius 2 is 1.33 bits per heavy atom. The van der Waals surface area contributed by atoms with Gasteiger partial charge in [-0.15, -0.1) is 0 Å². The number of nitro benzene ring substituents is 2. The quantitative estimate of drug-likeness (QED) is 0.489. The van der Waals surface area contributed by atoms with Crippen LogP contribution in [-0.2, 0) is 0 Å². The first-order valence-electron chi connectivity index (χ1n) is 8.07. The summed E-state index contributed by atoms with van der Waals surface area (Å²) in [5.74, 6) is 0. The van der Waals surface area contributed by atoms with Crippen molar-refractivity contribution in [3.05, 3.63) is 98.6 Å². The summed E-state index contributed by atoms with van der Waals surface area (Å²) in [6.45, 7) is 1.59. The van der Waals surface area contributed by atoms with Crippen LogP contribution in [0.3, 0.4) is 0 Å². The van der Waals surface area contributed by atoms with Gasteiger partial charge in [-0.25, -0.2) is 0 Å². The number of para-hydroxylation sites is 2. The van der Waals surface area contributed by atoms with E-state index in [1.807, 2.05) is 60.7 Å². The van der Waals surface area contributed by atoms with Crippen molar-refractivity contribution in [2.75, 3.05) is 10.4 Å². The Labute approximate surface area is 154 Å². The second-order valence-electron chi connectivity index (χ2n) is 5.79. The van der Waals surface area contributed by atoms with Crippen molar-refractivity contribution < 1.29 is 9.85 Å². The summed E-state index contributed by atoms with van der Waals surface area (Å²) < 4.78 is 0. The van der Waals surface area contributed by atoms with Crippen LogP contribution in [0.25, 0.3) is 0 Å². The molecule has 27 heavy (non-hydrogen) atoms. The first-order chi connectivity index (χ1) is 13.0. The smallest absolute Gasteiger partial charge is 0.287 e. The second kappa shape index (κ2) is 7.52. The highest BCUT2D eigenvalue weighted by Crippen LogP contribution is 2.35. The van der Waals surface area contributed by atoms with Gasteiger partial charge in [-0.2, -0.15) is 0 Å². The fourth-order valence-electron chi connectivity index (χ4n) is 2.69. The highest BCUT2D eigenvalue weighted by molar-refractivity contribution is 5.76. The standard InChI is InChI=1S/C19H16N4O4/c1-14-12-17(22(24)25)13-18(23(26)27)19(14)20-21(15-8-4-2-5-9-15)16-10-6-3-7-11-16/h2-13,20H,1H3. The number of hydrogen-bond acceptors (Lipinski definition) is 6. The van der Waals surface area contributed by atoms with Crippen molar-refractivity contribution >= 4 is 28.4 Å². The van der Waals surface area contributed by atoms with Gasteiger partial charge in [0.2, 0.25) is 0 Å². The molecule has 0 saturated carbocycles. The Bertz CT molecular complexity index is 938. The fourth-order valence-corrected chi connectivity index (χ4v) is 2.69. The molecule has 3 aromatic rings. The number of nitro groups is 2. The van der Waals surface area contributed by atoms with Crippen LogP contribution >= 0.6 is 0 Å².